The lowest BCUT2D eigenvalue weighted by molar-refractivity contribution is -0.180. The summed E-state index contributed by atoms with van der Waals surface area (Å²) in [5.41, 5.74) is 0.902. The Morgan fingerprint density at radius 1 is 1.26 bits per heavy atom. The summed E-state index contributed by atoms with van der Waals surface area (Å²) in [7, 11) is 4.15. The molecule has 1 aromatic carbocycles. The Morgan fingerprint density at radius 3 is 2.85 bits per heavy atom. The fourth-order valence-corrected chi connectivity index (χ4v) is 4.72. The molecule has 6 nitrogen and oxygen atoms in total. The number of likely N-dealkylation sites (tertiary alicyclic amines) is 1. The molecular weight excluding hydrogens is 342 g/mol. The lowest BCUT2D eigenvalue weighted by Gasteiger charge is -2.42. The first-order valence-corrected chi connectivity index (χ1v) is 10.1. The number of rotatable bonds is 7. The molecule has 0 N–H and O–H groups in total. The number of carbonyl (C=O) groups is 1. The molecule has 3 fully saturated rings. The van der Waals surface area contributed by atoms with Crippen LogP contribution in [0.25, 0.3) is 0 Å². The quantitative estimate of drug-likeness (QED) is 0.684. The molecule has 2 atom stereocenters. The van der Waals surface area contributed by atoms with Gasteiger partial charge in [0.25, 0.3) is 0 Å². The second kappa shape index (κ2) is 7.78. The Labute approximate surface area is 162 Å². The van der Waals surface area contributed by atoms with E-state index in [1.54, 1.807) is 0 Å². The van der Waals surface area contributed by atoms with Crippen LogP contribution in [0.15, 0.2) is 24.3 Å². The molecule has 0 aliphatic carbocycles. The van der Waals surface area contributed by atoms with Gasteiger partial charge < -0.3 is 19.3 Å². The van der Waals surface area contributed by atoms with Crippen LogP contribution in [0.1, 0.15) is 31.2 Å². The maximum Gasteiger partial charge on any atom is 0.226 e. The zero-order chi connectivity index (χ0) is 18.9. The molecule has 6 heteroatoms. The van der Waals surface area contributed by atoms with Crippen molar-refractivity contribution in [1.29, 1.82) is 0 Å². The van der Waals surface area contributed by atoms with Crippen LogP contribution in [0.3, 0.4) is 0 Å². The van der Waals surface area contributed by atoms with Crippen LogP contribution in [-0.4, -0.2) is 79.3 Å². The molecule has 0 unspecified atom stereocenters. The summed E-state index contributed by atoms with van der Waals surface area (Å²) in [6.07, 6.45) is 3.50. The van der Waals surface area contributed by atoms with Gasteiger partial charge in [-0.15, -0.1) is 0 Å². The summed E-state index contributed by atoms with van der Waals surface area (Å²) >= 11 is 0. The Hall–Kier alpha value is -1.63. The van der Waals surface area contributed by atoms with E-state index >= 15 is 0 Å². The topological polar surface area (TPSA) is 45.2 Å². The van der Waals surface area contributed by atoms with Crippen LogP contribution in [0.5, 0.6) is 5.75 Å². The van der Waals surface area contributed by atoms with Crippen molar-refractivity contribution >= 4 is 5.91 Å². The highest BCUT2D eigenvalue weighted by molar-refractivity contribution is 5.81. The molecule has 3 aliphatic heterocycles. The minimum atomic E-state index is -0.356. The van der Waals surface area contributed by atoms with Crippen LogP contribution in [0, 0.1) is 0 Å². The van der Waals surface area contributed by atoms with Crippen molar-refractivity contribution in [1.82, 2.24) is 14.7 Å². The molecule has 1 amide bonds. The fraction of sp³-hybridized carbons (Fsp3) is 0.667. The van der Waals surface area contributed by atoms with Crippen molar-refractivity contribution in [2.75, 3.05) is 46.9 Å². The van der Waals surface area contributed by atoms with Crippen LogP contribution in [0.4, 0.5) is 0 Å². The zero-order valence-corrected chi connectivity index (χ0v) is 16.5. The molecule has 4 rings (SSSR count). The van der Waals surface area contributed by atoms with Crippen molar-refractivity contribution in [3.63, 3.8) is 0 Å². The van der Waals surface area contributed by atoms with Crippen molar-refractivity contribution in [2.45, 2.75) is 44.0 Å². The second-order valence-corrected chi connectivity index (χ2v) is 8.18. The van der Waals surface area contributed by atoms with Crippen molar-refractivity contribution in [2.24, 2.45) is 0 Å². The van der Waals surface area contributed by atoms with Crippen LogP contribution < -0.4 is 4.74 Å². The van der Waals surface area contributed by atoms with E-state index < -0.39 is 0 Å². The minimum absolute atomic E-state index is 0.187. The van der Waals surface area contributed by atoms with E-state index in [9.17, 15) is 4.79 Å². The van der Waals surface area contributed by atoms with E-state index in [0.29, 0.717) is 6.42 Å². The summed E-state index contributed by atoms with van der Waals surface area (Å²) in [5.74, 6) is 1.18. The monoisotopic (exact) mass is 373 g/mol. The van der Waals surface area contributed by atoms with Crippen LogP contribution in [0.2, 0.25) is 0 Å². The van der Waals surface area contributed by atoms with E-state index in [2.05, 4.69) is 48.2 Å². The molecule has 148 valence electrons. The average Bonchev–Trinajstić information content (AvgIpc) is 3.13. The van der Waals surface area contributed by atoms with E-state index in [1.807, 2.05) is 4.90 Å². The second-order valence-electron chi connectivity index (χ2n) is 8.18. The Morgan fingerprint density at radius 2 is 2.07 bits per heavy atom. The molecule has 27 heavy (non-hydrogen) atoms. The number of nitrogens with zero attached hydrogens (tertiary/aromatic N) is 3. The van der Waals surface area contributed by atoms with Gasteiger partial charge in [-0.2, -0.15) is 0 Å². The maximum absolute atomic E-state index is 12.4. The van der Waals surface area contributed by atoms with E-state index in [4.69, 9.17) is 9.47 Å². The van der Waals surface area contributed by atoms with E-state index in [0.717, 1.165) is 64.4 Å². The van der Waals surface area contributed by atoms with Crippen LogP contribution in [-0.2, 0) is 16.1 Å². The molecule has 1 spiro atoms. The molecule has 0 radical (unpaired) electrons. The lowest BCUT2D eigenvalue weighted by atomic mass is 10.0. The highest BCUT2D eigenvalue weighted by Crippen LogP contribution is 2.45. The molecule has 3 aliphatic rings. The smallest absolute Gasteiger partial charge is 0.226 e. The minimum Gasteiger partial charge on any atom is -0.494 e. The SMILES string of the molecule is CN(C)CCCOc1ccc(CN2CC[C@@]34OCCCN3C(=O)C[C@@H]24)cc1. The van der Waals surface area contributed by atoms with Gasteiger partial charge in [0.2, 0.25) is 5.91 Å². The highest BCUT2D eigenvalue weighted by atomic mass is 16.5. The third-order valence-corrected chi connectivity index (χ3v) is 6.05. The number of benzene rings is 1. The molecule has 1 aromatic rings. The molecular formula is C21H31N3O3. The van der Waals surface area contributed by atoms with Gasteiger partial charge in [0.15, 0.2) is 5.72 Å². The van der Waals surface area contributed by atoms with Gasteiger partial charge >= 0.3 is 0 Å². The van der Waals surface area contributed by atoms with Crippen molar-refractivity contribution in [3.8, 4) is 5.75 Å². The number of hydrogen-bond acceptors (Lipinski definition) is 5. The first-order chi connectivity index (χ1) is 13.1. The summed E-state index contributed by atoms with van der Waals surface area (Å²) in [5, 5.41) is 0. The summed E-state index contributed by atoms with van der Waals surface area (Å²) in [4.78, 5) is 19.0. The summed E-state index contributed by atoms with van der Waals surface area (Å²) in [6.45, 7) is 5.24. The fourth-order valence-electron chi connectivity index (χ4n) is 4.72. The molecule has 0 aromatic heterocycles. The normalized spacial score (nSPS) is 27.9. The number of hydrogen-bond donors (Lipinski definition) is 0. The van der Waals surface area contributed by atoms with Gasteiger partial charge in [0.1, 0.15) is 5.75 Å². The third kappa shape index (κ3) is 3.71. The summed E-state index contributed by atoms with van der Waals surface area (Å²) < 4.78 is 12.0. The predicted octanol–water partition coefficient (Wildman–Crippen LogP) is 1.94. The van der Waals surface area contributed by atoms with E-state index in [1.165, 1.54) is 5.56 Å². The highest BCUT2D eigenvalue weighted by Gasteiger charge is 2.60. The molecule has 3 heterocycles. The van der Waals surface area contributed by atoms with E-state index in [-0.39, 0.29) is 17.7 Å². The zero-order valence-electron chi connectivity index (χ0n) is 16.5. The van der Waals surface area contributed by atoms with Crippen LogP contribution >= 0.6 is 0 Å². The first kappa shape index (κ1) is 18.7. The molecule has 0 saturated carbocycles. The summed E-state index contributed by atoms with van der Waals surface area (Å²) in [6, 6.07) is 8.58. The van der Waals surface area contributed by atoms with Gasteiger partial charge in [0, 0.05) is 39.0 Å². The molecule has 0 bridgehead atoms. The van der Waals surface area contributed by atoms with Gasteiger partial charge in [-0.3, -0.25) is 9.69 Å². The van der Waals surface area contributed by atoms with Gasteiger partial charge in [-0.1, -0.05) is 12.1 Å². The molecule has 3 saturated heterocycles. The standard InChI is InChI=1S/C21H31N3O3/c1-22(2)10-3-13-26-18-7-5-17(6-8-18)16-23-12-9-21-19(23)15-20(25)24(21)11-4-14-27-21/h5-8,19H,3-4,9-16H2,1-2H3/t19-,21+/m1/s1. The largest absolute Gasteiger partial charge is 0.494 e. The predicted molar refractivity (Wildman–Crippen MR) is 104 cm³/mol. The van der Waals surface area contributed by atoms with Gasteiger partial charge in [-0.25, -0.2) is 0 Å². The lowest BCUT2D eigenvalue weighted by Crippen LogP contribution is -2.56. The Balaban J connectivity index is 1.34. The third-order valence-electron chi connectivity index (χ3n) is 6.05. The number of amides is 1. The van der Waals surface area contributed by atoms with Crippen molar-refractivity contribution in [3.05, 3.63) is 29.8 Å². The maximum atomic E-state index is 12.4. The van der Waals surface area contributed by atoms with Crippen molar-refractivity contribution < 1.29 is 14.3 Å². The number of carbonyl (C=O) groups excluding carboxylic acids is 1. The van der Waals surface area contributed by atoms with Gasteiger partial charge in [-0.05, 0) is 44.6 Å². The first-order valence-electron chi connectivity index (χ1n) is 10.1. The average molecular weight is 373 g/mol. The van der Waals surface area contributed by atoms with Gasteiger partial charge in [0.05, 0.1) is 19.3 Å². The Bertz CT molecular complexity index is 663. The Kier molecular flexibility index (Phi) is 5.39. The number of ether oxygens (including phenoxy) is 2.